The van der Waals surface area contributed by atoms with E-state index >= 15 is 0 Å². The van der Waals surface area contributed by atoms with Crippen LogP contribution in [-0.2, 0) is 14.2 Å². The Balaban J connectivity index is 1.74. The molecule has 3 heterocycles. The molecule has 1 saturated heterocycles. The monoisotopic (exact) mass is 380 g/mol. The summed E-state index contributed by atoms with van der Waals surface area (Å²) in [7, 11) is 0. The van der Waals surface area contributed by atoms with Crippen LogP contribution in [0.3, 0.4) is 0 Å². The van der Waals surface area contributed by atoms with Crippen LogP contribution in [-0.4, -0.2) is 46.6 Å². The summed E-state index contributed by atoms with van der Waals surface area (Å²) in [6.07, 6.45) is 3.54. The summed E-state index contributed by atoms with van der Waals surface area (Å²) in [4.78, 5) is 3.57. The second-order valence-electron chi connectivity index (χ2n) is 6.91. The van der Waals surface area contributed by atoms with Gasteiger partial charge in [0.25, 0.3) is 0 Å². The van der Waals surface area contributed by atoms with Crippen LogP contribution in [0.15, 0.2) is 12.1 Å². The Bertz CT molecular complexity index is 739. The van der Waals surface area contributed by atoms with Gasteiger partial charge in [0.2, 0.25) is 0 Å². The Morgan fingerprint density at radius 3 is 2.81 bits per heavy atom. The van der Waals surface area contributed by atoms with Crippen LogP contribution in [0.5, 0.6) is 0 Å². The number of aromatic nitrogens is 3. The van der Waals surface area contributed by atoms with Crippen LogP contribution < -0.4 is 5.73 Å². The lowest BCUT2D eigenvalue weighted by atomic mass is 10.1. The molecule has 2 aromatic rings. The van der Waals surface area contributed by atoms with E-state index in [4.69, 9.17) is 19.9 Å². The zero-order valence-corrected chi connectivity index (χ0v) is 16.1. The van der Waals surface area contributed by atoms with Gasteiger partial charge < -0.3 is 19.9 Å². The molecular weight excluding hydrogens is 351 g/mol. The minimum absolute atomic E-state index is 0.0576. The average molecular weight is 380 g/mol. The number of nitrogens with two attached hydrogens (primary N) is 1. The molecule has 27 heavy (non-hydrogen) atoms. The number of hydrogen-bond acceptors (Lipinski definition) is 6. The fourth-order valence-corrected chi connectivity index (χ4v) is 3.31. The molecule has 2 aromatic heterocycles. The normalized spacial score (nSPS) is 22.7. The molecule has 3 atom stereocenters. The molecule has 0 bridgehead atoms. The highest BCUT2D eigenvalue weighted by atomic mass is 19.1. The molecule has 0 aliphatic carbocycles. The van der Waals surface area contributed by atoms with E-state index in [1.807, 2.05) is 6.07 Å². The van der Waals surface area contributed by atoms with Crippen molar-refractivity contribution in [3.8, 4) is 0 Å². The maximum Gasteiger partial charge on any atom is 0.327 e. The van der Waals surface area contributed by atoms with Gasteiger partial charge in [0.05, 0.1) is 18.4 Å². The van der Waals surface area contributed by atoms with Crippen LogP contribution in [0, 0.1) is 6.08 Å². The van der Waals surface area contributed by atoms with Crippen molar-refractivity contribution in [2.45, 2.75) is 64.3 Å². The topological polar surface area (TPSA) is 83.9 Å². The minimum Gasteiger partial charge on any atom is -0.382 e. The summed E-state index contributed by atoms with van der Waals surface area (Å²) in [5.74, 6) is 0.113. The smallest absolute Gasteiger partial charge is 0.327 e. The quantitative estimate of drug-likeness (QED) is 0.637. The zero-order chi connectivity index (χ0) is 19.2. The summed E-state index contributed by atoms with van der Waals surface area (Å²) < 4.78 is 33.2. The predicted molar refractivity (Wildman–Crippen MR) is 100.0 cm³/mol. The van der Waals surface area contributed by atoms with Crippen LogP contribution in [0.1, 0.15) is 57.7 Å². The van der Waals surface area contributed by atoms with E-state index in [1.165, 1.54) is 4.52 Å². The summed E-state index contributed by atoms with van der Waals surface area (Å²) in [5.41, 5.74) is 7.12. The van der Waals surface area contributed by atoms with E-state index in [9.17, 15) is 4.39 Å². The molecule has 0 aromatic carbocycles. The predicted octanol–water partition coefficient (Wildman–Crippen LogP) is 3.28. The average Bonchev–Trinajstić information content (AvgIpc) is 3.23. The summed E-state index contributed by atoms with van der Waals surface area (Å²) in [5, 5.41) is 3.86. The number of nitrogens with zero attached hydrogens (tertiary/aromatic N) is 3. The molecular formula is C19H29FN4O3. The molecule has 0 saturated carbocycles. The van der Waals surface area contributed by atoms with Gasteiger partial charge in [0, 0.05) is 19.6 Å². The molecule has 1 unspecified atom stereocenters. The molecule has 1 fully saturated rings. The van der Waals surface area contributed by atoms with Crippen LogP contribution in [0.2, 0.25) is 0 Å². The lowest BCUT2D eigenvalue weighted by Gasteiger charge is -2.19. The zero-order valence-electron chi connectivity index (χ0n) is 16.1. The van der Waals surface area contributed by atoms with Gasteiger partial charge in [-0.05, 0) is 25.0 Å². The van der Waals surface area contributed by atoms with Gasteiger partial charge in [0.15, 0.2) is 5.82 Å². The van der Waals surface area contributed by atoms with Gasteiger partial charge in [-0.2, -0.15) is 9.37 Å². The van der Waals surface area contributed by atoms with E-state index in [0.717, 1.165) is 31.4 Å². The first-order valence-electron chi connectivity index (χ1n) is 9.79. The number of fused-ring (bicyclic) bond motifs is 1. The number of ether oxygens (including phenoxy) is 3. The van der Waals surface area contributed by atoms with Gasteiger partial charge in [-0.25, -0.2) is 4.52 Å². The number of unbranched alkanes of at least 4 members (excludes halogenated alkanes) is 2. The number of hydrogen-bond donors (Lipinski definition) is 1. The Morgan fingerprint density at radius 1 is 1.26 bits per heavy atom. The van der Waals surface area contributed by atoms with Crippen molar-refractivity contribution in [3.63, 3.8) is 0 Å². The Kier molecular flexibility index (Phi) is 6.98. The van der Waals surface area contributed by atoms with Crippen molar-refractivity contribution in [2.24, 2.45) is 0 Å². The van der Waals surface area contributed by atoms with Gasteiger partial charge in [-0.3, -0.25) is 0 Å². The molecule has 0 amide bonds. The number of halogens is 1. The molecule has 150 valence electrons. The molecule has 0 spiro atoms. The third-order valence-corrected chi connectivity index (χ3v) is 4.83. The second kappa shape index (κ2) is 9.43. The van der Waals surface area contributed by atoms with E-state index in [2.05, 4.69) is 23.9 Å². The first kappa shape index (κ1) is 20.0. The van der Waals surface area contributed by atoms with E-state index in [-0.39, 0.29) is 24.1 Å². The Morgan fingerprint density at radius 2 is 2.04 bits per heavy atom. The Labute approximate surface area is 159 Å². The highest BCUT2D eigenvalue weighted by Crippen LogP contribution is 2.36. The van der Waals surface area contributed by atoms with Gasteiger partial charge in [-0.1, -0.05) is 26.7 Å². The van der Waals surface area contributed by atoms with E-state index in [0.29, 0.717) is 31.8 Å². The molecule has 7 nitrogen and oxygen atoms in total. The highest BCUT2D eigenvalue weighted by Gasteiger charge is 2.38. The molecule has 1 aliphatic rings. The maximum atomic E-state index is 13.6. The molecule has 8 heteroatoms. The largest absolute Gasteiger partial charge is 0.382 e. The molecule has 2 N–H and O–H groups in total. The standard InChI is InChI=1S/C19H29FN4O3/c1-3-5-9-25-12-17-16(26-10-6-4-2)11-15(27-17)13-7-8-14-18(21)22-19(20)23-24(13)14/h7-8,15-17H,3-6,9-12H2,1-2H3,(H2,21,22,23)/t15?,16-,17+/m0/s1. The van der Waals surface area contributed by atoms with Gasteiger partial charge in [-0.15, -0.1) is 5.10 Å². The lowest BCUT2D eigenvalue weighted by molar-refractivity contribution is -0.0657. The first-order chi connectivity index (χ1) is 13.1. The summed E-state index contributed by atoms with van der Waals surface area (Å²) in [6, 6.07) is 3.64. The van der Waals surface area contributed by atoms with Crippen molar-refractivity contribution in [1.82, 2.24) is 14.6 Å². The summed E-state index contributed by atoms with van der Waals surface area (Å²) in [6.45, 7) is 6.16. The van der Waals surface area contributed by atoms with Gasteiger partial charge in [0.1, 0.15) is 17.7 Å². The van der Waals surface area contributed by atoms with Crippen LogP contribution in [0.25, 0.3) is 5.52 Å². The minimum atomic E-state index is -0.856. The van der Waals surface area contributed by atoms with E-state index < -0.39 is 6.08 Å². The maximum absolute atomic E-state index is 13.6. The fourth-order valence-electron chi connectivity index (χ4n) is 3.31. The third-order valence-electron chi connectivity index (χ3n) is 4.83. The SMILES string of the molecule is CCCCOC[C@H]1OC(c2ccc3c(N)nc(F)nn23)C[C@@H]1OCCCC. The highest BCUT2D eigenvalue weighted by molar-refractivity contribution is 5.65. The van der Waals surface area contributed by atoms with Crippen LogP contribution in [0.4, 0.5) is 10.2 Å². The summed E-state index contributed by atoms with van der Waals surface area (Å²) >= 11 is 0. The third kappa shape index (κ3) is 4.75. The van der Waals surface area contributed by atoms with Crippen molar-refractivity contribution in [3.05, 3.63) is 23.9 Å². The number of rotatable bonds is 10. The fraction of sp³-hybridized carbons (Fsp3) is 0.684. The molecule has 3 rings (SSSR count). The molecule has 1 aliphatic heterocycles. The number of nitrogen functional groups attached to an aromatic ring is 1. The van der Waals surface area contributed by atoms with Crippen molar-refractivity contribution < 1.29 is 18.6 Å². The first-order valence-corrected chi connectivity index (χ1v) is 9.79. The lowest BCUT2D eigenvalue weighted by Crippen LogP contribution is -2.29. The van der Waals surface area contributed by atoms with E-state index in [1.54, 1.807) is 6.07 Å². The Hall–Kier alpha value is -1.77. The van der Waals surface area contributed by atoms with Crippen LogP contribution >= 0.6 is 0 Å². The van der Waals surface area contributed by atoms with Crippen molar-refractivity contribution in [2.75, 3.05) is 25.6 Å². The van der Waals surface area contributed by atoms with Crippen molar-refractivity contribution in [1.29, 1.82) is 0 Å². The molecule has 0 radical (unpaired) electrons. The second-order valence-corrected chi connectivity index (χ2v) is 6.91. The van der Waals surface area contributed by atoms with Gasteiger partial charge >= 0.3 is 6.08 Å². The van der Waals surface area contributed by atoms with Crippen molar-refractivity contribution >= 4 is 11.3 Å². The number of anilines is 1.